The van der Waals surface area contributed by atoms with E-state index in [4.69, 9.17) is 4.74 Å². The number of methoxy groups -OCH3 is 1. The summed E-state index contributed by atoms with van der Waals surface area (Å²) in [7, 11) is 3.84. The van der Waals surface area contributed by atoms with Gasteiger partial charge in [-0.15, -0.1) is 0 Å². The molecule has 0 amide bonds. The molecule has 114 valence electrons. The van der Waals surface area contributed by atoms with Gasteiger partial charge < -0.3 is 15.0 Å². The first-order valence-electron chi connectivity index (χ1n) is 7.47. The molecule has 3 nitrogen and oxygen atoms in total. The molecule has 0 radical (unpaired) electrons. The van der Waals surface area contributed by atoms with E-state index in [9.17, 15) is 0 Å². The number of hydrogen-bond donors (Lipinski definition) is 1. The van der Waals surface area contributed by atoms with Crippen molar-refractivity contribution in [1.82, 2.24) is 5.32 Å². The van der Waals surface area contributed by atoms with E-state index in [1.165, 1.54) is 5.69 Å². The number of hydrogen-bond acceptors (Lipinski definition) is 3. The van der Waals surface area contributed by atoms with E-state index in [2.05, 4.69) is 57.1 Å². The molecule has 0 heterocycles. The van der Waals surface area contributed by atoms with Crippen LogP contribution in [0.15, 0.2) is 24.3 Å². The third-order valence-corrected chi connectivity index (χ3v) is 3.76. The fourth-order valence-corrected chi connectivity index (χ4v) is 2.38. The number of nitrogens with zero attached hydrogens (tertiary/aromatic N) is 1. The predicted molar refractivity (Wildman–Crippen MR) is 87.8 cm³/mol. The van der Waals surface area contributed by atoms with Gasteiger partial charge in [0.2, 0.25) is 0 Å². The Morgan fingerprint density at radius 3 is 2.25 bits per heavy atom. The molecule has 1 atom stereocenters. The van der Waals surface area contributed by atoms with E-state index in [0.717, 1.165) is 25.3 Å². The maximum Gasteiger partial charge on any atom is 0.119 e. The Morgan fingerprint density at radius 1 is 1.20 bits per heavy atom. The van der Waals surface area contributed by atoms with E-state index in [1.807, 2.05) is 12.1 Å². The minimum absolute atomic E-state index is 0.288. The minimum Gasteiger partial charge on any atom is -0.497 e. The van der Waals surface area contributed by atoms with Crippen LogP contribution in [0.2, 0.25) is 0 Å². The molecular formula is C17H30N2O. The molecule has 1 N–H and O–H groups in total. The Balaban J connectivity index is 2.58. The molecule has 0 aromatic heterocycles. The van der Waals surface area contributed by atoms with E-state index >= 15 is 0 Å². The van der Waals surface area contributed by atoms with Crippen LogP contribution in [0.25, 0.3) is 0 Å². The summed E-state index contributed by atoms with van der Waals surface area (Å²) in [5.74, 6) is 0.905. The quantitative estimate of drug-likeness (QED) is 0.825. The monoisotopic (exact) mass is 278 g/mol. The molecule has 0 saturated carbocycles. The summed E-state index contributed by atoms with van der Waals surface area (Å²) in [6.45, 7) is 11.1. The molecule has 1 unspecified atom stereocenters. The molecule has 0 aliphatic heterocycles. The molecule has 0 aliphatic rings. The number of benzene rings is 1. The van der Waals surface area contributed by atoms with Crippen molar-refractivity contribution in [1.29, 1.82) is 0 Å². The van der Waals surface area contributed by atoms with Crippen LogP contribution in [0, 0.1) is 5.41 Å². The van der Waals surface area contributed by atoms with Gasteiger partial charge in [0, 0.05) is 25.3 Å². The molecular weight excluding hydrogens is 248 g/mol. The van der Waals surface area contributed by atoms with Gasteiger partial charge in [0.25, 0.3) is 0 Å². The first-order valence-corrected chi connectivity index (χ1v) is 7.47. The van der Waals surface area contributed by atoms with Crippen molar-refractivity contribution in [3.8, 4) is 5.75 Å². The second-order valence-electron chi connectivity index (χ2n) is 6.38. The van der Waals surface area contributed by atoms with Crippen molar-refractivity contribution in [3.63, 3.8) is 0 Å². The van der Waals surface area contributed by atoms with Gasteiger partial charge in [-0.2, -0.15) is 0 Å². The summed E-state index contributed by atoms with van der Waals surface area (Å²) >= 11 is 0. The van der Waals surface area contributed by atoms with Crippen LogP contribution in [-0.4, -0.2) is 33.3 Å². The molecule has 20 heavy (non-hydrogen) atoms. The first-order chi connectivity index (χ1) is 9.38. The van der Waals surface area contributed by atoms with Gasteiger partial charge >= 0.3 is 0 Å². The highest BCUT2D eigenvalue weighted by Gasteiger charge is 2.23. The van der Waals surface area contributed by atoms with Gasteiger partial charge in [-0.25, -0.2) is 0 Å². The second kappa shape index (κ2) is 7.53. The second-order valence-corrected chi connectivity index (χ2v) is 6.38. The molecule has 0 saturated heterocycles. The summed E-state index contributed by atoms with van der Waals surface area (Å²) in [5, 5.41) is 3.60. The Labute approximate surface area is 124 Å². The summed E-state index contributed by atoms with van der Waals surface area (Å²) in [6.07, 6.45) is 1.14. The Kier molecular flexibility index (Phi) is 6.34. The smallest absolute Gasteiger partial charge is 0.119 e. The van der Waals surface area contributed by atoms with Crippen molar-refractivity contribution in [3.05, 3.63) is 24.3 Å². The van der Waals surface area contributed by atoms with Gasteiger partial charge in [0.15, 0.2) is 0 Å². The lowest BCUT2D eigenvalue weighted by Crippen LogP contribution is -2.42. The van der Waals surface area contributed by atoms with E-state index in [0.29, 0.717) is 6.04 Å². The van der Waals surface area contributed by atoms with Gasteiger partial charge in [-0.05, 0) is 42.6 Å². The van der Waals surface area contributed by atoms with Crippen LogP contribution in [0.4, 0.5) is 5.69 Å². The van der Waals surface area contributed by atoms with Crippen molar-refractivity contribution in [2.45, 2.75) is 40.2 Å². The van der Waals surface area contributed by atoms with Crippen LogP contribution < -0.4 is 15.0 Å². The predicted octanol–water partition coefficient (Wildman–Crippen LogP) is 3.55. The lowest BCUT2D eigenvalue weighted by atomic mass is 9.84. The zero-order chi connectivity index (χ0) is 15.2. The summed E-state index contributed by atoms with van der Waals surface area (Å²) in [5.41, 5.74) is 1.52. The molecule has 1 rings (SSSR count). The highest BCUT2D eigenvalue weighted by Crippen LogP contribution is 2.23. The number of ether oxygens (including phenoxy) is 1. The zero-order valence-electron chi connectivity index (χ0n) is 13.9. The Hall–Kier alpha value is -1.22. The van der Waals surface area contributed by atoms with E-state index < -0.39 is 0 Å². The van der Waals surface area contributed by atoms with Crippen LogP contribution in [0.5, 0.6) is 5.75 Å². The molecule has 0 spiro atoms. The molecule has 1 aromatic carbocycles. The first kappa shape index (κ1) is 16.8. The lowest BCUT2D eigenvalue weighted by Gasteiger charge is -2.33. The maximum atomic E-state index is 5.20. The van der Waals surface area contributed by atoms with Crippen molar-refractivity contribution in [2.75, 3.05) is 32.1 Å². The average molecular weight is 278 g/mol. The van der Waals surface area contributed by atoms with Gasteiger partial charge in [0.05, 0.1) is 7.11 Å². The fraction of sp³-hybridized carbons (Fsp3) is 0.647. The fourth-order valence-electron chi connectivity index (χ4n) is 2.38. The highest BCUT2D eigenvalue weighted by molar-refractivity contribution is 5.48. The van der Waals surface area contributed by atoms with Crippen molar-refractivity contribution < 1.29 is 4.74 Å². The van der Waals surface area contributed by atoms with E-state index in [1.54, 1.807) is 7.11 Å². The summed E-state index contributed by atoms with van der Waals surface area (Å²) in [4.78, 5) is 2.30. The SMILES string of the molecule is CCNC(CCN(C)c1ccc(OC)cc1)C(C)(C)C. The summed E-state index contributed by atoms with van der Waals surface area (Å²) in [6, 6.07) is 8.78. The molecule has 0 bridgehead atoms. The van der Waals surface area contributed by atoms with Crippen molar-refractivity contribution in [2.24, 2.45) is 5.41 Å². The van der Waals surface area contributed by atoms with Gasteiger partial charge in [-0.3, -0.25) is 0 Å². The lowest BCUT2D eigenvalue weighted by molar-refractivity contribution is 0.260. The van der Waals surface area contributed by atoms with Crippen LogP contribution in [0.3, 0.4) is 0 Å². The largest absolute Gasteiger partial charge is 0.497 e. The average Bonchev–Trinajstić information content (AvgIpc) is 2.42. The highest BCUT2D eigenvalue weighted by atomic mass is 16.5. The molecule has 0 fully saturated rings. The van der Waals surface area contributed by atoms with Crippen LogP contribution in [0.1, 0.15) is 34.1 Å². The number of rotatable bonds is 7. The van der Waals surface area contributed by atoms with Gasteiger partial charge in [-0.1, -0.05) is 27.7 Å². The Morgan fingerprint density at radius 2 is 1.80 bits per heavy atom. The zero-order valence-corrected chi connectivity index (χ0v) is 13.9. The summed E-state index contributed by atoms with van der Waals surface area (Å²) < 4.78 is 5.20. The third-order valence-electron chi connectivity index (χ3n) is 3.76. The minimum atomic E-state index is 0.288. The Bertz CT molecular complexity index is 381. The molecule has 3 heteroatoms. The van der Waals surface area contributed by atoms with Gasteiger partial charge in [0.1, 0.15) is 5.75 Å². The third kappa shape index (κ3) is 5.04. The molecule has 1 aromatic rings. The maximum absolute atomic E-state index is 5.20. The van der Waals surface area contributed by atoms with E-state index in [-0.39, 0.29) is 5.41 Å². The van der Waals surface area contributed by atoms with Crippen LogP contribution >= 0.6 is 0 Å². The van der Waals surface area contributed by atoms with Crippen LogP contribution in [-0.2, 0) is 0 Å². The number of anilines is 1. The normalized spacial score (nSPS) is 13.1. The standard InChI is InChI=1S/C17H30N2O/c1-7-18-16(17(2,3)4)12-13-19(5)14-8-10-15(20-6)11-9-14/h8-11,16,18H,7,12-13H2,1-6H3. The number of nitrogens with one attached hydrogen (secondary N) is 1. The van der Waals surface area contributed by atoms with Crippen molar-refractivity contribution >= 4 is 5.69 Å². The topological polar surface area (TPSA) is 24.5 Å². The molecule has 0 aliphatic carbocycles.